The Morgan fingerprint density at radius 3 is 2.45 bits per heavy atom. The monoisotopic (exact) mass is 319 g/mol. The van der Waals surface area contributed by atoms with E-state index in [0.29, 0.717) is 12.3 Å². The summed E-state index contributed by atoms with van der Waals surface area (Å²) in [4.78, 5) is 8.78. The smallest absolute Gasteiger partial charge is 0.414 e. The summed E-state index contributed by atoms with van der Waals surface area (Å²) < 4.78 is 17.1. The molecule has 0 aromatic heterocycles. The topological polar surface area (TPSA) is 46.5 Å². The molecule has 0 spiro atoms. The Bertz CT molecular complexity index is 326. The van der Waals surface area contributed by atoms with E-state index in [4.69, 9.17) is 9.32 Å². The zero-order valence-corrected chi connectivity index (χ0v) is 15.7. The van der Waals surface area contributed by atoms with E-state index in [1.807, 2.05) is 0 Å². The van der Waals surface area contributed by atoms with E-state index < -0.39 is 16.3 Å². The van der Waals surface area contributed by atoms with Gasteiger partial charge in [0.05, 0.1) is 0 Å². The van der Waals surface area contributed by atoms with Crippen LogP contribution < -0.4 is 0 Å². The van der Waals surface area contributed by atoms with Crippen LogP contribution >= 0.6 is 8.03 Å². The van der Waals surface area contributed by atoms with Crippen molar-refractivity contribution in [3.05, 3.63) is 0 Å². The van der Waals surface area contributed by atoms with Crippen LogP contribution in [0.3, 0.4) is 0 Å². The van der Waals surface area contributed by atoms with E-state index in [2.05, 4.69) is 33.9 Å². The van der Waals surface area contributed by atoms with Crippen LogP contribution in [0.25, 0.3) is 0 Å². The minimum absolute atomic E-state index is 0.289. The number of hydrogen-bond donors (Lipinski definition) is 1. The Morgan fingerprint density at radius 2 is 1.90 bits per heavy atom. The molecule has 0 heterocycles. The van der Waals surface area contributed by atoms with Gasteiger partial charge in [-0.1, -0.05) is 27.2 Å². The molecule has 0 saturated heterocycles. The van der Waals surface area contributed by atoms with Crippen LogP contribution in [0.15, 0.2) is 0 Å². The maximum absolute atomic E-state index is 10.6. The number of rotatable bonds is 7. The number of hydrogen-bond acceptors (Lipinski definition) is 2. The average Bonchev–Trinajstić information content (AvgIpc) is 2.69. The zero-order chi connectivity index (χ0) is 15.4. The molecule has 3 nitrogen and oxygen atoms in total. The lowest BCUT2D eigenvalue weighted by atomic mass is 10.0. The van der Waals surface area contributed by atoms with E-state index in [-0.39, 0.29) is 5.04 Å². The predicted octanol–water partition coefficient (Wildman–Crippen LogP) is 5.08. The molecule has 1 rings (SSSR count). The second kappa shape index (κ2) is 7.48. The largest absolute Gasteiger partial charge is 0.505 e. The maximum atomic E-state index is 10.6. The fourth-order valence-electron chi connectivity index (χ4n) is 2.67. The van der Waals surface area contributed by atoms with E-state index in [1.54, 1.807) is 0 Å². The minimum atomic E-state index is -1.93. The molecule has 1 N–H and O–H groups in total. The summed E-state index contributed by atoms with van der Waals surface area (Å²) in [5, 5.41) is 0.289. The molecule has 3 unspecified atom stereocenters. The van der Waals surface area contributed by atoms with Gasteiger partial charge in [-0.2, -0.15) is 4.89 Å². The van der Waals surface area contributed by atoms with Crippen LogP contribution in [0.1, 0.15) is 59.3 Å². The molecule has 1 aliphatic carbocycles. The molecule has 1 fully saturated rings. The van der Waals surface area contributed by atoms with Gasteiger partial charge in [-0.15, -0.1) is 0 Å². The Morgan fingerprint density at radius 1 is 1.25 bits per heavy atom. The fraction of sp³-hybridized carbons (Fsp3) is 1.00. The minimum Gasteiger partial charge on any atom is -0.414 e. The van der Waals surface area contributed by atoms with Gasteiger partial charge in [0.2, 0.25) is 0 Å². The van der Waals surface area contributed by atoms with Crippen molar-refractivity contribution >= 4 is 16.3 Å². The summed E-state index contributed by atoms with van der Waals surface area (Å²) in [6, 6.07) is 0. The zero-order valence-electron chi connectivity index (χ0n) is 13.8. The lowest BCUT2D eigenvalue weighted by Gasteiger charge is -2.38. The first kappa shape index (κ1) is 18.3. The summed E-state index contributed by atoms with van der Waals surface area (Å²) >= 11 is 0. The van der Waals surface area contributed by atoms with Crippen LogP contribution in [0.5, 0.6) is 0 Å². The molecular weight excluding hydrogens is 287 g/mol. The predicted molar refractivity (Wildman–Crippen MR) is 88.0 cm³/mol. The maximum Gasteiger partial charge on any atom is 0.505 e. The van der Waals surface area contributed by atoms with Gasteiger partial charge in [0.25, 0.3) is 0 Å². The molecule has 118 valence electrons. The van der Waals surface area contributed by atoms with Gasteiger partial charge in [0.1, 0.15) is 0 Å². The highest BCUT2D eigenvalue weighted by atomic mass is 31.1. The Labute approximate surface area is 126 Å². The first-order valence-electron chi connectivity index (χ1n) is 7.93. The van der Waals surface area contributed by atoms with Crippen molar-refractivity contribution in [2.75, 3.05) is 6.16 Å². The van der Waals surface area contributed by atoms with E-state index in [1.165, 1.54) is 25.7 Å². The van der Waals surface area contributed by atoms with Crippen molar-refractivity contribution in [2.45, 2.75) is 83.5 Å². The highest BCUT2D eigenvalue weighted by Gasteiger charge is 2.40. The molecular formula is C15H32O3PSi+. The van der Waals surface area contributed by atoms with Crippen LogP contribution in [-0.4, -0.2) is 25.5 Å². The Balaban J connectivity index is 2.28. The van der Waals surface area contributed by atoms with Gasteiger partial charge < -0.3 is 4.43 Å². The van der Waals surface area contributed by atoms with Gasteiger partial charge >= 0.3 is 8.03 Å². The number of unbranched alkanes of at least 4 members (excludes halogenated alkanes) is 1. The van der Waals surface area contributed by atoms with Gasteiger partial charge in [-0.25, -0.2) is 0 Å². The molecule has 3 atom stereocenters. The molecule has 0 aliphatic heterocycles. The summed E-state index contributed by atoms with van der Waals surface area (Å²) in [5.41, 5.74) is 0. The van der Waals surface area contributed by atoms with E-state index in [9.17, 15) is 4.57 Å². The third-order valence-electron chi connectivity index (χ3n) is 4.97. The molecule has 0 amide bonds. The lowest BCUT2D eigenvalue weighted by molar-refractivity contribution is 0.182. The highest BCUT2D eigenvalue weighted by Crippen LogP contribution is 2.41. The molecule has 1 saturated carbocycles. The molecule has 0 radical (unpaired) electrons. The fourth-order valence-corrected chi connectivity index (χ4v) is 4.57. The van der Waals surface area contributed by atoms with Gasteiger partial charge in [0, 0.05) is 6.10 Å². The van der Waals surface area contributed by atoms with Crippen LogP contribution in [-0.2, 0) is 8.99 Å². The molecule has 20 heavy (non-hydrogen) atoms. The molecule has 5 heteroatoms. The quantitative estimate of drug-likeness (QED) is 0.404. The van der Waals surface area contributed by atoms with Crippen LogP contribution in [0, 0.1) is 5.92 Å². The molecule has 1 aliphatic rings. The van der Waals surface area contributed by atoms with Gasteiger partial charge in [-0.3, -0.25) is 0 Å². The Hall–Kier alpha value is 0.237. The van der Waals surface area contributed by atoms with Crippen molar-refractivity contribution in [3.63, 3.8) is 0 Å². The van der Waals surface area contributed by atoms with Crippen molar-refractivity contribution in [1.82, 2.24) is 0 Å². The lowest BCUT2D eigenvalue weighted by Crippen LogP contribution is -2.43. The van der Waals surface area contributed by atoms with Crippen molar-refractivity contribution < 1.29 is 13.9 Å². The van der Waals surface area contributed by atoms with Crippen molar-refractivity contribution in [2.24, 2.45) is 5.92 Å². The summed E-state index contributed by atoms with van der Waals surface area (Å²) in [6.45, 7) is 11.5. The van der Waals surface area contributed by atoms with Crippen molar-refractivity contribution in [1.29, 1.82) is 0 Å². The van der Waals surface area contributed by atoms with Crippen LogP contribution in [0.2, 0.25) is 18.1 Å². The first-order chi connectivity index (χ1) is 9.12. The third kappa shape index (κ3) is 5.93. The van der Waals surface area contributed by atoms with Crippen LogP contribution in [0.4, 0.5) is 0 Å². The molecule has 0 aromatic rings. The third-order valence-corrected chi connectivity index (χ3v) is 10.2. The Kier molecular flexibility index (Phi) is 6.84. The first-order valence-corrected chi connectivity index (χ1v) is 12.2. The van der Waals surface area contributed by atoms with E-state index in [0.717, 1.165) is 18.8 Å². The summed E-state index contributed by atoms with van der Waals surface area (Å²) in [6.07, 6.45) is 7.74. The SMILES string of the molecule is CC(C)(C)[Si](C)(C)OC1CCC(CCCC[P+](=O)O)C1. The van der Waals surface area contributed by atoms with Crippen molar-refractivity contribution in [3.8, 4) is 0 Å². The second-order valence-electron chi connectivity index (χ2n) is 7.75. The second-order valence-corrected chi connectivity index (χ2v) is 13.7. The summed E-state index contributed by atoms with van der Waals surface area (Å²) in [7, 11) is -3.56. The molecule has 0 bridgehead atoms. The van der Waals surface area contributed by atoms with Gasteiger partial charge in [0.15, 0.2) is 14.5 Å². The molecule has 0 aromatic carbocycles. The normalized spacial score (nSPS) is 25.0. The highest BCUT2D eigenvalue weighted by molar-refractivity contribution is 7.37. The average molecular weight is 319 g/mol. The van der Waals surface area contributed by atoms with Gasteiger partial charge in [-0.05, 0) is 60.7 Å². The summed E-state index contributed by atoms with van der Waals surface area (Å²) in [5.74, 6) is 0.765. The standard InChI is InChI=1S/C15H31O3PSi/c1-15(2,3)20(4,5)18-14-10-9-13(12-14)8-6-7-11-19(16)17/h13-14H,6-12H2,1-5H3/p+1. The van der Waals surface area contributed by atoms with E-state index >= 15 is 0 Å².